The predicted molar refractivity (Wildman–Crippen MR) is 53.8 cm³/mol. The molecule has 0 heterocycles. The van der Waals surface area contributed by atoms with Crippen LogP contribution in [0.4, 0.5) is 13.2 Å². The molecule has 0 aliphatic rings. The molecule has 1 aromatic carbocycles. The number of aryl methyl sites for hydroxylation is 1. The van der Waals surface area contributed by atoms with Gasteiger partial charge in [0.25, 0.3) is 0 Å². The van der Waals surface area contributed by atoms with Crippen molar-refractivity contribution in [1.29, 1.82) is 0 Å². The average Bonchev–Trinajstić information content (AvgIpc) is 2.19. The van der Waals surface area contributed by atoms with Crippen molar-refractivity contribution in [2.24, 2.45) is 0 Å². The molecular formula is C11H11F3O3. The Morgan fingerprint density at radius 3 is 2.53 bits per heavy atom. The topological polar surface area (TPSA) is 35.5 Å². The largest absolute Gasteiger partial charge is 0.573 e. The van der Waals surface area contributed by atoms with Gasteiger partial charge in [0.05, 0.1) is 6.61 Å². The molecule has 0 atom stereocenters. The summed E-state index contributed by atoms with van der Waals surface area (Å²) in [5.74, 6) is -1.39. The van der Waals surface area contributed by atoms with Crippen molar-refractivity contribution < 1.29 is 27.4 Å². The maximum absolute atomic E-state index is 12.1. The van der Waals surface area contributed by atoms with Gasteiger partial charge >= 0.3 is 12.3 Å². The van der Waals surface area contributed by atoms with Crippen molar-refractivity contribution in [3.63, 3.8) is 0 Å². The summed E-state index contributed by atoms with van der Waals surface area (Å²) in [4.78, 5) is 11.4. The first-order chi connectivity index (χ1) is 7.83. The molecule has 0 bridgehead atoms. The zero-order valence-electron chi connectivity index (χ0n) is 9.30. The molecule has 6 heteroatoms. The smallest absolute Gasteiger partial charge is 0.462 e. The Morgan fingerprint density at radius 1 is 1.35 bits per heavy atom. The lowest BCUT2D eigenvalue weighted by Crippen LogP contribution is -2.19. The second-order valence-corrected chi connectivity index (χ2v) is 3.27. The van der Waals surface area contributed by atoms with Crippen LogP contribution in [-0.2, 0) is 4.74 Å². The van der Waals surface area contributed by atoms with E-state index in [-0.39, 0.29) is 12.2 Å². The Kier molecular flexibility index (Phi) is 3.98. The van der Waals surface area contributed by atoms with Crippen LogP contribution < -0.4 is 4.74 Å². The lowest BCUT2D eigenvalue weighted by molar-refractivity contribution is -0.274. The maximum atomic E-state index is 12.1. The summed E-state index contributed by atoms with van der Waals surface area (Å²) in [5, 5.41) is 0. The third kappa shape index (κ3) is 3.97. The van der Waals surface area contributed by atoms with Gasteiger partial charge in [-0.15, -0.1) is 13.2 Å². The minimum absolute atomic E-state index is 0.0816. The summed E-state index contributed by atoms with van der Waals surface area (Å²) in [5.41, 5.74) is 0.409. The van der Waals surface area contributed by atoms with Crippen LogP contribution in [0.1, 0.15) is 22.8 Å². The van der Waals surface area contributed by atoms with Crippen molar-refractivity contribution in [2.45, 2.75) is 20.2 Å². The van der Waals surface area contributed by atoms with E-state index in [9.17, 15) is 18.0 Å². The highest BCUT2D eigenvalue weighted by Crippen LogP contribution is 2.27. The van der Waals surface area contributed by atoms with Crippen LogP contribution in [0.2, 0.25) is 0 Å². The zero-order valence-corrected chi connectivity index (χ0v) is 9.30. The molecule has 0 N–H and O–H groups in total. The van der Waals surface area contributed by atoms with E-state index in [1.807, 2.05) is 0 Å². The van der Waals surface area contributed by atoms with Crippen LogP contribution in [0.15, 0.2) is 18.2 Å². The zero-order chi connectivity index (χ0) is 13.1. The summed E-state index contributed by atoms with van der Waals surface area (Å²) in [7, 11) is 0. The molecule has 1 aromatic rings. The Hall–Kier alpha value is -1.72. The van der Waals surface area contributed by atoms with Gasteiger partial charge in [-0.25, -0.2) is 4.79 Å². The van der Waals surface area contributed by atoms with Crippen LogP contribution in [-0.4, -0.2) is 18.9 Å². The first-order valence-electron chi connectivity index (χ1n) is 4.87. The van der Waals surface area contributed by atoms with Crippen molar-refractivity contribution in [1.82, 2.24) is 0 Å². The van der Waals surface area contributed by atoms with Gasteiger partial charge in [-0.2, -0.15) is 0 Å². The van der Waals surface area contributed by atoms with E-state index >= 15 is 0 Å². The van der Waals surface area contributed by atoms with Gasteiger partial charge in [0.2, 0.25) is 0 Å². The summed E-state index contributed by atoms with van der Waals surface area (Å²) in [6, 6.07) is 3.80. The van der Waals surface area contributed by atoms with Gasteiger partial charge in [0, 0.05) is 0 Å². The number of alkyl halides is 3. The number of hydrogen-bond donors (Lipinski definition) is 0. The lowest BCUT2D eigenvalue weighted by Gasteiger charge is -2.13. The number of ether oxygens (including phenoxy) is 2. The molecule has 1 rings (SSSR count). The number of esters is 1. The minimum atomic E-state index is -4.84. The molecule has 0 saturated carbocycles. The Morgan fingerprint density at radius 2 is 2.00 bits per heavy atom. The van der Waals surface area contributed by atoms with Gasteiger partial charge in [0.1, 0.15) is 11.3 Å². The highest BCUT2D eigenvalue weighted by atomic mass is 19.4. The number of carbonyl (C=O) groups is 1. The van der Waals surface area contributed by atoms with Gasteiger partial charge in [0.15, 0.2) is 0 Å². The van der Waals surface area contributed by atoms with E-state index in [0.29, 0.717) is 5.56 Å². The Labute approximate surface area is 96.1 Å². The molecule has 0 aliphatic heterocycles. The Bertz CT molecular complexity index is 413. The lowest BCUT2D eigenvalue weighted by atomic mass is 10.1. The van der Waals surface area contributed by atoms with Crippen molar-refractivity contribution >= 4 is 5.97 Å². The van der Waals surface area contributed by atoms with Gasteiger partial charge in [-0.3, -0.25) is 0 Å². The van der Waals surface area contributed by atoms with Crippen LogP contribution in [0, 0.1) is 6.92 Å². The SMILES string of the molecule is CCOC(=O)c1cc(C)ccc1OC(F)(F)F. The molecular weight excluding hydrogens is 237 g/mol. The van der Waals surface area contributed by atoms with Crippen LogP contribution >= 0.6 is 0 Å². The Balaban J connectivity index is 3.08. The fourth-order valence-corrected chi connectivity index (χ4v) is 1.23. The molecule has 0 amide bonds. The number of rotatable bonds is 3. The fraction of sp³-hybridized carbons (Fsp3) is 0.364. The molecule has 0 unspecified atom stereocenters. The minimum Gasteiger partial charge on any atom is -0.462 e. The quantitative estimate of drug-likeness (QED) is 0.771. The summed E-state index contributed by atoms with van der Waals surface area (Å²) in [6.07, 6.45) is -4.84. The van der Waals surface area contributed by atoms with Crippen LogP contribution in [0.25, 0.3) is 0 Å². The molecule has 0 radical (unpaired) electrons. The third-order valence-electron chi connectivity index (χ3n) is 1.86. The van der Waals surface area contributed by atoms with Gasteiger partial charge in [-0.1, -0.05) is 11.6 Å². The molecule has 0 spiro atoms. The summed E-state index contributed by atoms with van der Waals surface area (Å²) < 4.78 is 44.7. The van der Waals surface area contributed by atoms with E-state index in [0.717, 1.165) is 6.07 Å². The molecule has 0 aliphatic carbocycles. The standard InChI is InChI=1S/C11H11F3O3/c1-3-16-10(15)8-6-7(2)4-5-9(8)17-11(12,13)14/h4-6H,3H2,1-2H3. The van der Waals surface area contributed by atoms with E-state index in [2.05, 4.69) is 9.47 Å². The van der Waals surface area contributed by atoms with Gasteiger partial charge in [-0.05, 0) is 26.0 Å². The second-order valence-electron chi connectivity index (χ2n) is 3.27. The molecule has 3 nitrogen and oxygen atoms in total. The number of halogens is 3. The molecule has 0 saturated heterocycles. The molecule has 17 heavy (non-hydrogen) atoms. The van der Waals surface area contributed by atoms with Crippen molar-refractivity contribution in [3.05, 3.63) is 29.3 Å². The fourth-order valence-electron chi connectivity index (χ4n) is 1.23. The van der Waals surface area contributed by atoms with Gasteiger partial charge < -0.3 is 9.47 Å². The predicted octanol–water partition coefficient (Wildman–Crippen LogP) is 3.07. The normalized spacial score (nSPS) is 11.1. The summed E-state index contributed by atoms with van der Waals surface area (Å²) in [6.45, 7) is 3.30. The number of carbonyl (C=O) groups excluding carboxylic acids is 1. The van der Waals surface area contributed by atoms with Crippen molar-refractivity contribution in [3.8, 4) is 5.75 Å². The molecule has 0 aromatic heterocycles. The maximum Gasteiger partial charge on any atom is 0.573 e. The first kappa shape index (κ1) is 13.3. The highest BCUT2D eigenvalue weighted by Gasteiger charge is 2.33. The van der Waals surface area contributed by atoms with E-state index < -0.39 is 18.1 Å². The average molecular weight is 248 g/mol. The second kappa shape index (κ2) is 5.07. The molecule has 0 fully saturated rings. The van der Waals surface area contributed by atoms with E-state index in [1.54, 1.807) is 13.8 Å². The number of hydrogen-bond acceptors (Lipinski definition) is 3. The summed E-state index contributed by atoms with van der Waals surface area (Å²) >= 11 is 0. The number of benzene rings is 1. The molecule has 94 valence electrons. The van der Waals surface area contributed by atoms with Crippen molar-refractivity contribution in [2.75, 3.05) is 6.61 Å². The van der Waals surface area contributed by atoms with E-state index in [4.69, 9.17) is 0 Å². The third-order valence-corrected chi connectivity index (χ3v) is 1.86. The van der Waals surface area contributed by atoms with E-state index in [1.165, 1.54) is 12.1 Å². The first-order valence-corrected chi connectivity index (χ1v) is 4.87. The monoisotopic (exact) mass is 248 g/mol. The van der Waals surface area contributed by atoms with Crippen LogP contribution in [0.5, 0.6) is 5.75 Å². The van der Waals surface area contributed by atoms with Crippen LogP contribution in [0.3, 0.4) is 0 Å². The highest BCUT2D eigenvalue weighted by molar-refractivity contribution is 5.92.